The van der Waals surface area contributed by atoms with Gasteiger partial charge in [0.25, 0.3) is 0 Å². The van der Waals surface area contributed by atoms with Crippen LogP contribution in [0.1, 0.15) is 20.8 Å². The van der Waals surface area contributed by atoms with Crippen molar-refractivity contribution in [3.05, 3.63) is 6.20 Å². The molecule has 5 heteroatoms. The van der Waals surface area contributed by atoms with Gasteiger partial charge in [0.05, 0.1) is 18.0 Å². The van der Waals surface area contributed by atoms with E-state index in [1.165, 1.54) is 0 Å². The van der Waals surface area contributed by atoms with E-state index < -0.39 is 0 Å². The Balaban J connectivity index is 2.60. The van der Waals surface area contributed by atoms with Gasteiger partial charge in [0.1, 0.15) is 5.82 Å². The molecule has 15 heavy (non-hydrogen) atoms. The van der Waals surface area contributed by atoms with E-state index in [0.29, 0.717) is 12.2 Å². The van der Waals surface area contributed by atoms with Crippen LogP contribution in [0.3, 0.4) is 0 Å². The Hall–Kier alpha value is -1.23. The summed E-state index contributed by atoms with van der Waals surface area (Å²) >= 11 is 0. The topological polar surface area (TPSA) is 76.1 Å². The van der Waals surface area contributed by atoms with Gasteiger partial charge in [0.2, 0.25) is 0 Å². The van der Waals surface area contributed by atoms with Crippen molar-refractivity contribution in [3.63, 3.8) is 0 Å². The number of aryl methyl sites for hydroxylation is 1. The van der Waals surface area contributed by atoms with Gasteiger partial charge < -0.3 is 16.2 Å². The Bertz CT molecular complexity index is 308. The lowest BCUT2D eigenvalue weighted by Gasteiger charge is -2.16. The van der Waals surface area contributed by atoms with E-state index in [4.69, 9.17) is 5.73 Å². The van der Waals surface area contributed by atoms with Crippen LogP contribution in [0.2, 0.25) is 0 Å². The Morgan fingerprint density at radius 3 is 2.80 bits per heavy atom. The zero-order valence-corrected chi connectivity index (χ0v) is 9.57. The highest BCUT2D eigenvalue weighted by atomic mass is 16.3. The molecule has 86 valence electrons. The van der Waals surface area contributed by atoms with Gasteiger partial charge >= 0.3 is 0 Å². The fourth-order valence-electron chi connectivity index (χ4n) is 1.27. The number of nitrogens with one attached hydrogen (secondary N) is 1. The Kier molecular flexibility index (Phi) is 3.96. The standard InChI is InChI=1S/C10H20N4O/c1-4-14-10(8(11)5-13-14)12-6-9(15)7(2)3/h5,7,9,12,15H,4,6,11H2,1-3H3. The molecule has 1 rings (SSSR count). The van der Waals surface area contributed by atoms with Crippen LogP contribution >= 0.6 is 0 Å². The normalized spacial score (nSPS) is 13.1. The summed E-state index contributed by atoms with van der Waals surface area (Å²) in [6.07, 6.45) is 1.25. The third kappa shape index (κ3) is 2.86. The van der Waals surface area contributed by atoms with E-state index in [1.54, 1.807) is 10.9 Å². The van der Waals surface area contributed by atoms with Gasteiger partial charge in [-0.1, -0.05) is 13.8 Å². The zero-order valence-electron chi connectivity index (χ0n) is 9.57. The fourth-order valence-corrected chi connectivity index (χ4v) is 1.27. The molecule has 1 atom stereocenters. The predicted molar refractivity (Wildman–Crippen MR) is 61.6 cm³/mol. The van der Waals surface area contributed by atoms with Crippen molar-refractivity contribution >= 4 is 11.5 Å². The van der Waals surface area contributed by atoms with E-state index in [1.807, 2.05) is 20.8 Å². The Labute approximate surface area is 90.3 Å². The number of nitrogens with zero attached hydrogens (tertiary/aromatic N) is 2. The zero-order chi connectivity index (χ0) is 11.4. The number of aromatic nitrogens is 2. The van der Waals surface area contributed by atoms with Crippen LogP contribution in [0.5, 0.6) is 0 Å². The summed E-state index contributed by atoms with van der Waals surface area (Å²) < 4.78 is 1.78. The quantitative estimate of drug-likeness (QED) is 0.678. The lowest BCUT2D eigenvalue weighted by atomic mass is 10.1. The molecular weight excluding hydrogens is 192 g/mol. The first-order chi connectivity index (χ1) is 7.06. The minimum atomic E-state index is -0.371. The average molecular weight is 212 g/mol. The largest absolute Gasteiger partial charge is 0.394 e. The van der Waals surface area contributed by atoms with Gasteiger partial charge in [-0.25, -0.2) is 4.68 Å². The van der Waals surface area contributed by atoms with E-state index in [-0.39, 0.29) is 12.0 Å². The average Bonchev–Trinajstić information content (AvgIpc) is 2.55. The molecule has 0 radical (unpaired) electrons. The molecule has 1 aromatic rings. The third-order valence-electron chi connectivity index (χ3n) is 2.42. The van der Waals surface area contributed by atoms with Crippen molar-refractivity contribution in [2.45, 2.75) is 33.4 Å². The first-order valence-corrected chi connectivity index (χ1v) is 5.29. The number of nitrogen functional groups attached to an aromatic ring is 1. The highest BCUT2D eigenvalue weighted by Gasteiger charge is 2.11. The van der Waals surface area contributed by atoms with Gasteiger partial charge in [-0.15, -0.1) is 0 Å². The summed E-state index contributed by atoms with van der Waals surface area (Å²) in [5, 5.41) is 16.9. The molecule has 0 aliphatic rings. The molecule has 5 nitrogen and oxygen atoms in total. The van der Waals surface area contributed by atoms with Crippen LogP contribution in [-0.4, -0.2) is 27.5 Å². The summed E-state index contributed by atoms with van der Waals surface area (Å²) in [4.78, 5) is 0. The summed E-state index contributed by atoms with van der Waals surface area (Å²) in [6, 6.07) is 0. The van der Waals surface area contributed by atoms with Crippen LogP contribution < -0.4 is 11.1 Å². The maximum absolute atomic E-state index is 9.65. The van der Waals surface area contributed by atoms with Crippen LogP contribution in [0.4, 0.5) is 11.5 Å². The van der Waals surface area contributed by atoms with Crippen molar-refractivity contribution in [2.24, 2.45) is 5.92 Å². The van der Waals surface area contributed by atoms with E-state index in [2.05, 4.69) is 10.4 Å². The third-order valence-corrected chi connectivity index (χ3v) is 2.42. The second-order valence-corrected chi connectivity index (χ2v) is 3.96. The minimum Gasteiger partial charge on any atom is -0.394 e. The molecule has 4 N–H and O–H groups in total. The molecule has 1 unspecified atom stereocenters. The van der Waals surface area contributed by atoms with Crippen molar-refractivity contribution in [3.8, 4) is 0 Å². The number of hydrogen-bond donors (Lipinski definition) is 3. The summed E-state index contributed by atoms with van der Waals surface area (Å²) in [5.41, 5.74) is 6.37. The molecule has 1 heterocycles. The summed E-state index contributed by atoms with van der Waals surface area (Å²) in [6.45, 7) is 7.21. The summed E-state index contributed by atoms with van der Waals surface area (Å²) in [7, 11) is 0. The van der Waals surface area contributed by atoms with Crippen LogP contribution in [0, 0.1) is 5.92 Å². The minimum absolute atomic E-state index is 0.233. The molecule has 1 aromatic heterocycles. The van der Waals surface area contributed by atoms with Crippen LogP contribution in [0.25, 0.3) is 0 Å². The number of nitrogens with two attached hydrogens (primary N) is 1. The SMILES string of the molecule is CCn1ncc(N)c1NCC(O)C(C)C. The molecule has 0 spiro atoms. The van der Waals surface area contributed by atoms with Crippen molar-refractivity contribution in [2.75, 3.05) is 17.6 Å². The van der Waals surface area contributed by atoms with Crippen molar-refractivity contribution in [1.29, 1.82) is 0 Å². The van der Waals surface area contributed by atoms with Gasteiger partial charge in [0, 0.05) is 13.1 Å². The Morgan fingerprint density at radius 1 is 1.60 bits per heavy atom. The summed E-state index contributed by atoms with van der Waals surface area (Å²) in [5.74, 6) is 1.02. The lowest BCUT2D eigenvalue weighted by Crippen LogP contribution is -2.26. The monoisotopic (exact) mass is 212 g/mol. The van der Waals surface area contributed by atoms with Gasteiger partial charge in [-0.2, -0.15) is 5.10 Å². The van der Waals surface area contributed by atoms with E-state index >= 15 is 0 Å². The second-order valence-electron chi connectivity index (χ2n) is 3.96. The number of aliphatic hydroxyl groups excluding tert-OH is 1. The highest BCUT2D eigenvalue weighted by molar-refractivity contribution is 5.60. The maximum atomic E-state index is 9.65. The fraction of sp³-hybridized carbons (Fsp3) is 0.700. The molecule has 0 saturated heterocycles. The van der Waals surface area contributed by atoms with Crippen LogP contribution in [-0.2, 0) is 6.54 Å². The smallest absolute Gasteiger partial charge is 0.147 e. The number of aliphatic hydroxyl groups is 1. The predicted octanol–water partition coefficient (Wildman–Crippen LogP) is 0.914. The van der Waals surface area contributed by atoms with Crippen LogP contribution in [0.15, 0.2) is 6.20 Å². The molecule has 0 saturated carbocycles. The lowest BCUT2D eigenvalue weighted by molar-refractivity contribution is 0.137. The number of anilines is 2. The van der Waals surface area contributed by atoms with Crippen molar-refractivity contribution in [1.82, 2.24) is 9.78 Å². The van der Waals surface area contributed by atoms with Gasteiger partial charge in [0.15, 0.2) is 0 Å². The maximum Gasteiger partial charge on any atom is 0.147 e. The van der Waals surface area contributed by atoms with E-state index in [9.17, 15) is 5.11 Å². The molecule has 0 amide bonds. The van der Waals surface area contributed by atoms with Gasteiger partial charge in [-0.05, 0) is 12.8 Å². The van der Waals surface area contributed by atoms with Crippen molar-refractivity contribution < 1.29 is 5.11 Å². The van der Waals surface area contributed by atoms with E-state index in [0.717, 1.165) is 12.4 Å². The first-order valence-electron chi connectivity index (χ1n) is 5.29. The first kappa shape index (κ1) is 11.8. The highest BCUT2D eigenvalue weighted by Crippen LogP contribution is 2.17. The number of rotatable bonds is 5. The van der Waals surface area contributed by atoms with Gasteiger partial charge in [-0.3, -0.25) is 0 Å². The molecular formula is C10H20N4O. The Morgan fingerprint density at radius 2 is 2.27 bits per heavy atom. The molecule has 0 aliphatic heterocycles. The molecule has 0 aromatic carbocycles. The number of hydrogen-bond acceptors (Lipinski definition) is 4. The molecule has 0 aliphatic carbocycles. The molecule has 0 fully saturated rings. The second kappa shape index (κ2) is 5.02. The molecule has 0 bridgehead atoms.